The van der Waals surface area contributed by atoms with E-state index in [4.69, 9.17) is 0 Å². The Labute approximate surface area is 175 Å². The zero-order valence-electron chi connectivity index (χ0n) is 16.4. The van der Waals surface area contributed by atoms with Crippen molar-refractivity contribution in [2.45, 2.75) is 57.5 Å². The summed E-state index contributed by atoms with van der Waals surface area (Å²) in [6.07, 6.45) is 6.33. The maximum Gasteiger partial charge on any atom is 0.253 e. The SMILES string of the molecule is CCC1CCC(NC(=O)C(CCS(C)(=O)=O)NC(=O)c2ccccc2Br)CC1. The van der Waals surface area contributed by atoms with E-state index in [0.29, 0.717) is 16.0 Å². The first kappa shape index (κ1) is 22.9. The fraction of sp³-hybridized carbons (Fsp3) is 0.600. The van der Waals surface area contributed by atoms with E-state index in [1.165, 1.54) is 0 Å². The number of nitrogens with one attached hydrogen (secondary N) is 2. The lowest BCUT2D eigenvalue weighted by Gasteiger charge is -2.30. The van der Waals surface area contributed by atoms with Crippen LogP contribution in [0.2, 0.25) is 0 Å². The van der Waals surface area contributed by atoms with Gasteiger partial charge in [-0.05, 0) is 66.1 Å². The Morgan fingerprint density at radius 2 is 1.82 bits per heavy atom. The highest BCUT2D eigenvalue weighted by atomic mass is 79.9. The van der Waals surface area contributed by atoms with Crippen LogP contribution in [-0.2, 0) is 14.6 Å². The summed E-state index contributed by atoms with van der Waals surface area (Å²) in [6.45, 7) is 2.18. The summed E-state index contributed by atoms with van der Waals surface area (Å²) in [5, 5.41) is 5.72. The monoisotopic (exact) mass is 472 g/mol. The Hall–Kier alpha value is -1.41. The number of hydrogen-bond acceptors (Lipinski definition) is 4. The third-order valence-electron chi connectivity index (χ3n) is 5.29. The molecule has 1 aromatic rings. The molecule has 1 unspecified atom stereocenters. The van der Waals surface area contributed by atoms with Crippen LogP contribution in [0, 0.1) is 5.92 Å². The first-order chi connectivity index (χ1) is 13.2. The lowest BCUT2D eigenvalue weighted by Crippen LogP contribution is -2.51. The van der Waals surface area contributed by atoms with E-state index in [1.54, 1.807) is 24.3 Å². The average molecular weight is 473 g/mol. The molecular formula is C20H29BrN2O4S. The molecule has 0 bridgehead atoms. The Morgan fingerprint density at radius 1 is 1.18 bits per heavy atom. The first-order valence-electron chi connectivity index (χ1n) is 9.73. The molecule has 2 amide bonds. The van der Waals surface area contributed by atoms with Crippen LogP contribution in [0.25, 0.3) is 0 Å². The molecule has 0 saturated heterocycles. The zero-order chi connectivity index (χ0) is 20.7. The molecule has 1 aromatic carbocycles. The van der Waals surface area contributed by atoms with E-state index in [1.807, 2.05) is 0 Å². The quantitative estimate of drug-likeness (QED) is 0.607. The van der Waals surface area contributed by atoms with Crippen LogP contribution >= 0.6 is 15.9 Å². The Morgan fingerprint density at radius 3 is 2.39 bits per heavy atom. The molecular weight excluding hydrogens is 444 g/mol. The van der Waals surface area contributed by atoms with Gasteiger partial charge in [-0.3, -0.25) is 9.59 Å². The van der Waals surface area contributed by atoms with Crippen molar-refractivity contribution in [1.82, 2.24) is 10.6 Å². The highest BCUT2D eigenvalue weighted by Gasteiger charge is 2.27. The predicted octanol–water partition coefficient (Wildman–Crippen LogP) is 3.07. The second kappa shape index (κ2) is 10.4. The van der Waals surface area contributed by atoms with Gasteiger partial charge in [-0.2, -0.15) is 0 Å². The summed E-state index contributed by atoms with van der Waals surface area (Å²) in [5.41, 5.74) is 0.406. The van der Waals surface area contributed by atoms with Gasteiger partial charge < -0.3 is 10.6 Å². The number of carbonyl (C=O) groups excluding carboxylic acids is 2. The van der Waals surface area contributed by atoms with Gasteiger partial charge in [0, 0.05) is 16.8 Å². The van der Waals surface area contributed by atoms with Crippen molar-refractivity contribution in [2.24, 2.45) is 5.92 Å². The zero-order valence-corrected chi connectivity index (χ0v) is 18.8. The largest absolute Gasteiger partial charge is 0.352 e. The van der Waals surface area contributed by atoms with Gasteiger partial charge in [0.25, 0.3) is 5.91 Å². The molecule has 0 radical (unpaired) electrons. The molecule has 1 fully saturated rings. The van der Waals surface area contributed by atoms with Crippen molar-refractivity contribution in [2.75, 3.05) is 12.0 Å². The summed E-state index contributed by atoms with van der Waals surface area (Å²) in [5.74, 6) is -0.173. The van der Waals surface area contributed by atoms with Crippen molar-refractivity contribution >= 4 is 37.6 Å². The molecule has 1 aliphatic rings. The lowest BCUT2D eigenvalue weighted by molar-refractivity contribution is -0.124. The van der Waals surface area contributed by atoms with Crippen LogP contribution < -0.4 is 10.6 Å². The van der Waals surface area contributed by atoms with E-state index in [2.05, 4.69) is 33.5 Å². The molecule has 0 spiro atoms. The van der Waals surface area contributed by atoms with Gasteiger partial charge in [0.2, 0.25) is 5.91 Å². The molecule has 28 heavy (non-hydrogen) atoms. The Bertz CT molecular complexity index is 789. The number of carbonyl (C=O) groups is 2. The second-order valence-electron chi connectivity index (χ2n) is 7.56. The molecule has 2 rings (SSSR count). The number of halogens is 1. The van der Waals surface area contributed by atoms with E-state index in [-0.39, 0.29) is 24.1 Å². The third kappa shape index (κ3) is 7.20. The summed E-state index contributed by atoms with van der Waals surface area (Å²) in [4.78, 5) is 25.4. The maximum absolute atomic E-state index is 12.8. The van der Waals surface area contributed by atoms with E-state index >= 15 is 0 Å². The predicted molar refractivity (Wildman–Crippen MR) is 114 cm³/mol. The van der Waals surface area contributed by atoms with Crippen LogP contribution in [0.5, 0.6) is 0 Å². The van der Waals surface area contributed by atoms with Crippen LogP contribution in [0.15, 0.2) is 28.7 Å². The minimum Gasteiger partial charge on any atom is -0.352 e. The topological polar surface area (TPSA) is 92.3 Å². The molecule has 1 atom stereocenters. The fourth-order valence-corrected chi connectivity index (χ4v) is 4.63. The van der Waals surface area contributed by atoms with Gasteiger partial charge in [0.1, 0.15) is 15.9 Å². The molecule has 6 nitrogen and oxygen atoms in total. The molecule has 2 N–H and O–H groups in total. The highest BCUT2D eigenvalue weighted by Crippen LogP contribution is 2.26. The van der Waals surface area contributed by atoms with Crippen molar-refractivity contribution in [3.63, 3.8) is 0 Å². The van der Waals surface area contributed by atoms with Gasteiger partial charge in [-0.15, -0.1) is 0 Å². The van der Waals surface area contributed by atoms with E-state index < -0.39 is 21.8 Å². The van der Waals surface area contributed by atoms with Gasteiger partial charge in [-0.1, -0.05) is 25.5 Å². The van der Waals surface area contributed by atoms with Gasteiger partial charge in [-0.25, -0.2) is 8.42 Å². The number of amides is 2. The molecule has 0 aromatic heterocycles. The van der Waals surface area contributed by atoms with Crippen molar-refractivity contribution in [3.05, 3.63) is 34.3 Å². The lowest BCUT2D eigenvalue weighted by atomic mass is 9.84. The smallest absolute Gasteiger partial charge is 0.253 e. The van der Waals surface area contributed by atoms with Crippen LogP contribution in [0.1, 0.15) is 55.8 Å². The molecule has 0 aliphatic heterocycles. The maximum atomic E-state index is 12.8. The van der Waals surface area contributed by atoms with Crippen LogP contribution in [0.3, 0.4) is 0 Å². The van der Waals surface area contributed by atoms with E-state index in [9.17, 15) is 18.0 Å². The van der Waals surface area contributed by atoms with Crippen molar-refractivity contribution in [3.8, 4) is 0 Å². The Balaban J connectivity index is 2.04. The first-order valence-corrected chi connectivity index (χ1v) is 12.6. The van der Waals surface area contributed by atoms with Crippen molar-refractivity contribution < 1.29 is 18.0 Å². The van der Waals surface area contributed by atoms with Gasteiger partial charge in [0.05, 0.1) is 11.3 Å². The minimum absolute atomic E-state index is 0.0468. The van der Waals surface area contributed by atoms with Crippen LogP contribution in [-0.4, -0.2) is 44.3 Å². The highest BCUT2D eigenvalue weighted by molar-refractivity contribution is 9.10. The summed E-state index contributed by atoms with van der Waals surface area (Å²) < 4.78 is 23.8. The van der Waals surface area contributed by atoms with Gasteiger partial charge in [0.15, 0.2) is 0 Å². The normalized spacial score (nSPS) is 21.0. The molecule has 8 heteroatoms. The number of sulfone groups is 1. The summed E-state index contributed by atoms with van der Waals surface area (Å²) in [6, 6.07) is 6.11. The number of rotatable bonds is 8. The summed E-state index contributed by atoms with van der Waals surface area (Å²) in [7, 11) is -3.25. The standard InChI is InChI=1S/C20H29BrN2O4S/c1-3-14-8-10-15(11-9-14)22-20(25)18(12-13-28(2,26)27)23-19(24)16-6-4-5-7-17(16)21/h4-7,14-15,18H,3,8-13H2,1-2H3,(H,22,25)(H,23,24). The van der Waals surface area contributed by atoms with Gasteiger partial charge >= 0.3 is 0 Å². The molecule has 156 valence electrons. The number of hydrogen-bond donors (Lipinski definition) is 2. The molecule has 1 saturated carbocycles. The van der Waals surface area contributed by atoms with Crippen molar-refractivity contribution in [1.29, 1.82) is 0 Å². The van der Waals surface area contributed by atoms with E-state index in [0.717, 1.165) is 38.4 Å². The molecule has 0 heterocycles. The minimum atomic E-state index is -3.25. The fourth-order valence-electron chi connectivity index (χ4n) is 3.50. The Kier molecular flexibility index (Phi) is 8.49. The average Bonchev–Trinajstić information content (AvgIpc) is 2.65. The second-order valence-corrected chi connectivity index (χ2v) is 10.7. The molecule has 1 aliphatic carbocycles. The summed E-state index contributed by atoms with van der Waals surface area (Å²) >= 11 is 3.33. The van der Waals surface area contributed by atoms with Crippen LogP contribution in [0.4, 0.5) is 0 Å². The number of benzene rings is 1. The third-order valence-corrected chi connectivity index (χ3v) is 6.96.